The summed E-state index contributed by atoms with van der Waals surface area (Å²) in [5, 5.41) is 1.02. The van der Waals surface area contributed by atoms with Crippen molar-refractivity contribution in [2.45, 2.75) is 19.2 Å². The van der Waals surface area contributed by atoms with Crippen LogP contribution in [0.3, 0.4) is 0 Å². The summed E-state index contributed by atoms with van der Waals surface area (Å²) in [4.78, 5) is 4.54. The summed E-state index contributed by atoms with van der Waals surface area (Å²) >= 11 is 0. The van der Waals surface area contributed by atoms with E-state index in [2.05, 4.69) is 39.8 Å². The normalized spacial score (nSPS) is 11.1. The standard InChI is InChI=1S/C26H18F3NO/c27-26(28,29)31-24-12-9-19(10-13-24)7-4-8-21-11-14-25-23(16-21)17-22(18-30-25)15-20-5-2-1-3-6-20/h1-3,5-6,9-14,16-18H,7,15H2. The van der Waals surface area contributed by atoms with Crippen molar-refractivity contribution in [2.24, 2.45) is 0 Å². The zero-order chi connectivity index (χ0) is 21.7. The lowest BCUT2D eigenvalue weighted by atomic mass is 10.0. The Balaban J connectivity index is 1.46. The summed E-state index contributed by atoms with van der Waals surface area (Å²) in [6.45, 7) is 0. The van der Waals surface area contributed by atoms with E-state index in [1.54, 1.807) is 12.1 Å². The van der Waals surface area contributed by atoms with Crippen molar-refractivity contribution in [1.82, 2.24) is 4.98 Å². The quantitative estimate of drug-likeness (QED) is 0.363. The van der Waals surface area contributed by atoms with E-state index in [4.69, 9.17) is 0 Å². The van der Waals surface area contributed by atoms with Crippen molar-refractivity contribution in [2.75, 3.05) is 0 Å². The highest BCUT2D eigenvalue weighted by molar-refractivity contribution is 5.80. The van der Waals surface area contributed by atoms with Gasteiger partial charge in [0.25, 0.3) is 0 Å². The molecule has 0 aliphatic rings. The van der Waals surface area contributed by atoms with Crippen LogP contribution in [0.15, 0.2) is 85.1 Å². The van der Waals surface area contributed by atoms with Crippen molar-refractivity contribution in [3.63, 3.8) is 0 Å². The van der Waals surface area contributed by atoms with Crippen LogP contribution in [-0.2, 0) is 12.8 Å². The number of rotatable bonds is 4. The fourth-order valence-electron chi connectivity index (χ4n) is 3.24. The van der Waals surface area contributed by atoms with E-state index >= 15 is 0 Å². The van der Waals surface area contributed by atoms with E-state index in [0.717, 1.165) is 34.0 Å². The van der Waals surface area contributed by atoms with Gasteiger partial charge in [-0.3, -0.25) is 4.98 Å². The Kier molecular flexibility index (Phi) is 5.90. The van der Waals surface area contributed by atoms with Gasteiger partial charge in [-0.05, 0) is 59.5 Å². The molecule has 0 fully saturated rings. The van der Waals surface area contributed by atoms with Crippen molar-refractivity contribution >= 4 is 10.9 Å². The molecule has 1 aromatic heterocycles. The van der Waals surface area contributed by atoms with Gasteiger partial charge in [-0.25, -0.2) is 0 Å². The number of hydrogen-bond donors (Lipinski definition) is 0. The van der Waals surface area contributed by atoms with Crippen LogP contribution in [0.25, 0.3) is 10.9 Å². The Bertz CT molecular complexity index is 1240. The molecule has 31 heavy (non-hydrogen) atoms. The van der Waals surface area contributed by atoms with Gasteiger partial charge in [0.15, 0.2) is 0 Å². The minimum atomic E-state index is -4.69. The molecule has 4 rings (SSSR count). The second-order valence-corrected chi connectivity index (χ2v) is 7.08. The highest BCUT2D eigenvalue weighted by Gasteiger charge is 2.30. The first-order valence-corrected chi connectivity index (χ1v) is 9.71. The van der Waals surface area contributed by atoms with Crippen molar-refractivity contribution in [1.29, 1.82) is 0 Å². The number of halogens is 3. The maximum Gasteiger partial charge on any atom is 0.573 e. The monoisotopic (exact) mass is 417 g/mol. The van der Waals surface area contributed by atoms with Crippen LogP contribution in [0.1, 0.15) is 22.3 Å². The maximum atomic E-state index is 12.2. The molecule has 0 radical (unpaired) electrons. The number of benzene rings is 3. The van der Waals surface area contributed by atoms with E-state index in [1.807, 2.05) is 42.6 Å². The third kappa shape index (κ3) is 5.86. The molecule has 0 saturated heterocycles. The first-order chi connectivity index (χ1) is 14.9. The van der Waals surface area contributed by atoms with E-state index in [9.17, 15) is 13.2 Å². The van der Waals surface area contributed by atoms with Crippen LogP contribution in [0.4, 0.5) is 13.2 Å². The van der Waals surface area contributed by atoms with Gasteiger partial charge >= 0.3 is 6.36 Å². The molecule has 5 heteroatoms. The summed E-state index contributed by atoms with van der Waals surface area (Å²) < 4.78 is 40.6. The van der Waals surface area contributed by atoms with Crippen LogP contribution < -0.4 is 4.74 Å². The number of nitrogens with zero attached hydrogens (tertiary/aromatic N) is 1. The molecule has 2 nitrogen and oxygen atoms in total. The number of alkyl halides is 3. The summed E-state index contributed by atoms with van der Waals surface area (Å²) in [5.74, 6) is 5.95. The molecule has 0 N–H and O–H groups in total. The average molecular weight is 417 g/mol. The molecule has 0 unspecified atom stereocenters. The van der Waals surface area contributed by atoms with Crippen molar-refractivity contribution in [3.05, 3.63) is 107 Å². The fraction of sp³-hybridized carbons (Fsp3) is 0.115. The molecule has 154 valence electrons. The lowest BCUT2D eigenvalue weighted by Gasteiger charge is -2.08. The Morgan fingerprint density at radius 2 is 1.58 bits per heavy atom. The van der Waals surface area contributed by atoms with Crippen LogP contribution >= 0.6 is 0 Å². The molecule has 3 aromatic carbocycles. The Morgan fingerprint density at radius 1 is 0.806 bits per heavy atom. The van der Waals surface area contributed by atoms with E-state index < -0.39 is 6.36 Å². The molecular formula is C26H18F3NO. The van der Waals surface area contributed by atoms with Gasteiger partial charge in [0.1, 0.15) is 5.75 Å². The Morgan fingerprint density at radius 3 is 2.32 bits per heavy atom. The van der Waals surface area contributed by atoms with Crippen molar-refractivity contribution in [3.8, 4) is 17.6 Å². The molecular weight excluding hydrogens is 399 g/mol. The predicted octanol–water partition coefficient (Wildman–Crippen LogP) is 6.32. The van der Waals surface area contributed by atoms with Crippen LogP contribution in [0.5, 0.6) is 5.75 Å². The summed E-state index contributed by atoms with van der Waals surface area (Å²) in [6, 6.07) is 24.0. The van der Waals surface area contributed by atoms with Gasteiger partial charge in [0.2, 0.25) is 0 Å². The van der Waals surface area contributed by atoms with E-state index in [0.29, 0.717) is 6.42 Å². The Labute approximate surface area is 178 Å². The highest BCUT2D eigenvalue weighted by atomic mass is 19.4. The van der Waals surface area contributed by atoms with Gasteiger partial charge in [0.05, 0.1) is 5.52 Å². The van der Waals surface area contributed by atoms with Crippen LogP contribution in [0, 0.1) is 11.8 Å². The van der Waals surface area contributed by atoms with Crippen LogP contribution in [-0.4, -0.2) is 11.3 Å². The number of pyridine rings is 1. The molecule has 1 heterocycles. The largest absolute Gasteiger partial charge is 0.573 e. The second-order valence-electron chi connectivity index (χ2n) is 7.08. The first-order valence-electron chi connectivity index (χ1n) is 9.71. The molecule has 0 atom stereocenters. The number of aromatic nitrogens is 1. The minimum Gasteiger partial charge on any atom is -0.406 e. The molecule has 0 spiro atoms. The third-order valence-corrected chi connectivity index (χ3v) is 4.67. The highest BCUT2D eigenvalue weighted by Crippen LogP contribution is 2.23. The second kappa shape index (κ2) is 8.93. The zero-order valence-electron chi connectivity index (χ0n) is 16.5. The first kappa shape index (κ1) is 20.5. The topological polar surface area (TPSA) is 22.1 Å². The van der Waals surface area contributed by atoms with Gasteiger partial charge in [0, 0.05) is 23.6 Å². The maximum absolute atomic E-state index is 12.2. The average Bonchev–Trinajstić information content (AvgIpc) is 2.74. The van der Waals surface area contributed by atoms with Gasteiger partial charge in [-0.2, -0.15) is 0 Å². The lowest BCUT2D eigenvalue weighted by Crippen LogP contribution is -2.16. The molecule has 0 bridgehead atoms. The smallest absolute Gasteiger partial charge is 0.406 e. The number of ether oxygens (including phenoxy) is 1. The van der Waals surface area contributed by atoms with Gasteiger partial charge < -0.3 is 4.74 Å². The molecule has 0 aliphatic heterocycles. The summed E-state index contributed by atoms with van der Waals surface area (Å²) in [6.07, 6.45) is -1.55. The number of fused-ring (bicyclic) bond motifs is 1. The van der Waals surface area contributed by atoms with Crippen LogP contribution in [0.2, 0.25) is 0 Å². The molecule has 0 aliphatic carbocycles. The molecule has 0 amide bonds. The number of hydrogen-bond acceptors (Lipinski definition) is 2. The Hall–Kier alpha value is -3.78. The van der Waals surface area contributed by atoms with Gasteiger partial charge in [-0.15, -0.1) is 13.2 Å². The fourth-order valence-corrected chi connectivity index (χ4v) is 3.24. The van der Waals surface area contributed by atoms with E-state index in [-0.39, 0.29) is 5.75 Å². The van der Waals surface area contributed by atoms with Gasteiger partial charge in [-0.1, -0.05) is 54.3 Å². The third-order valence-electron chi connectivity index (χ3n) is 4.67. The minimum absolute atomic E-state index is 0.238. The summed E-state index contributed by atoms with van der Waals surface area (Å²) in [7, 11) is 0. The van der Waals surface area contributed by atoms with E-state index in [1.165, 1.54) is 17.7 Å². The predicted molar refractivity (Wildman–Crippen MR) is 115 cm³/mol. The zero-order valence-corrected chi connectivity index (χ0v) is 16.5. The lowest BCUT2D eigenvalue weighted by molar-refractivity contribution is -0.274. The SMILES string of the molecule is FC(F)(F)Oc1ccc(CC#Cc2ccc3ncc(Cc4ccccc4)cc3c2)cc1. The van der Waals surface area contributed by atoms with Crippen molar-refractivity contribution < 1.29 is 17.9 Å². The molecule has 0 saturated carbocycles. The molecule has 4 aromatic rings. The summed E-state index contributed by atoms with van der Waals surface area (Å²) in [5.41, 5.74) is 4.94.